The highest BCUT2D eigenvalue weighted by atomic mass is 35.5. The molecule has 1 amide bonds. The average Bonchev–Trinajstić information content (AvgIpc) is 2.44. The maximum Gasteiger partial charge on any atom is 0.407 e. The van der Waals surface area contributed by atoms with Crippen LogP contribution in [0.1, 0.15) is 46.5 Å². The lowest BCUT2D eigenvalue weighted by molar-refractivity contribution is 0.0514. The van der Waals surface area contributed by atoms with Crippen molar-refractivity contribution in [1.82, 2.24) is 10.3 Å². The van der Waals surface area contributed by atoms with Crippen molar-refractivity contribution in [3.05, 3.63) is 23.5 Å². The van der Waals surface area contributed by atoms with Gasteiger partial charge < -0.3 is 15.4 Å². The van der Waals surface area contributed by atoms with Crippen molar-refractivity contribution in [1.29, 1.82) is 0 Å². The largest absolute Gasteiger partial charge is 0.444 e. The number of halogens is 1. The Hall–Kier alpha value is -1.49. The van der Waals surface area contributed by atoms with Crippen molar-refractivity contribution >= 4 is 23.4 Å². The van der Waals surface area contributed by atoms with Crippen molar-refractivity contribution in [3.63, 3.8) is 0 Å². The number of hydrogen-bond donors (Lipinski definition) is 2. The highest BCUT2D eigenvalue weighted by Gasteiger charge is 2.26. The molecule has 1 aromatic heterocycles. The zero-order chi connectivity index (χ0) is 16.9. The molecule has 2 N–H and O–H groups in total. The summed E-state index contributed by atoms with van der Waals surface area (Å²) >= 11 is 5.94. The molecule has 1 heterocycles. The van der Waals surface area contributed by atoms with Gasteiger partial charge in [0, 0.05) is 24.5 Å². The van der Waals surface area contributed by atoms with Crippen LogP contribution in [-0.4, -0.2) is 29.3 Å². The summed E-state index contributed by atoms with van der Waals surface area (Å²) in [5.74, 6) is 0.378. The van der Waals surface area contributed by atoms with E-state index in [9.17, 15) is 4.79 Å². The number of nitrogens with zero attached hydrogens (tertiary/aromatic N) is 1. The van der Waals surface area contributed by atoms with Crippen LogP contribution < -0.4 is 10.6 Å². The van der Waals surface area contributed by atoms with Gasteiger partial charge in [0.15, 0.2) is 0 Å². The molecule has 0 saturated heterocycles. The van der Waals surface area contributed by atoms with Gasteiger partial charge in [-0.2, -0.15) is 0 Å². The number of carbonyl (C=O) groups excluding carboxylic acids is 1. The molecule has 0 radical (unpaired) electrons. The van der Waals surface area contributed by atoms with Crippen LogP contribution in [0.3, 0.4) is 0 Å². The van der Waals surface area contributed by atoms with E-state index in [1.54, 1.807) is 6.20 Å². The van der Waals surface area contributed by atoms with Gasteiger partial charge in [-0.05, 0) is 51.7 Å². The molecule has 1 fully saturated rings. The molecular weight excluding hydrogens is 314 g/mol. The third kappa shape index (κ3) is 6.26. The molecule has 6 heteroatoms. The van der Waals surface area contributed by atoms with Crippen LogP contribution in [0, 0.1) is 5.92 Å². The predicted molar refractivity (Wildman–Crippen MR) is 92.9 cm³/mol. The van der Waals surface area contributed by atoms with Crippen LogP contribution in [0.2, 0.25) is 5.15 Å². The Morgan fingerprint density at radius 3 is 2.83 bits per heavy atom. The molecule has 0 spiro atoms. The minimum absolute atomic E-state index is 0.317. The second-order valence-electron chi connectivity index (χ2n) is 7.05. The van der Waals surface area contributed by atoms with Gasteiger partial charge in [-0.1, -0.05) is 24.4 Å². The van der Waals surface area contributed by atoms with E-state index in [0.29, 0.717) is 23.7 Å². The predicted octanol–water partition coefficient (Wildman–Crippen LogP) is 4.23. The summed E-state index contributed by atoms with van der Waals surface area (Å²) in [5, 5.41) is 6.90. The van der Waals surface area contributed by atoms with Gasteiger partial charge in [0.25, 0.3) is 0 Å². The third-order valence-electron chi connectivity index (χ3n) is 3.90. The summed E-state index contributed by atoms with van der Waals surface area (Å²) in [6.45, 7) is 6.21. The van der Waals surface area contributed by atoms with Crippen molar-refractivity contribution < 1.29 is 9.53 Å². The highest BCUT2D eigenvalue weighted by molar-refractivity contribution is 6.29. The summed E-state index contributed by atoms with van der Waals surface area (Å²) in [4.78, 5) is 15.8. The lowest BCUT2D eigenvalue weighted by Gasteiger charge is -2.33. The zero-order valence-corrected chi connectivity index (χ0v) is 14.8. The van der Waals surface area contributed by atoms with E-state index in [1.165, 1.54) is 12.8 Å². The number of rotatable bonds is 4. The quantitative estimate of drug-likeness (QED) is 0.806. The van der Waals surface area contributed by atoms with Gasteiger partial charge in [-0.25, -0.2) is 9.78 Å². The van der Waals surface area contributed by atoms with Crippen molar-refractivity contribution in [2.75, 3.05) is 11.9 Å². The Balaban J connectivity index is 1.89. The smallest absolute Gasteiger partial charge is 0.407 e. The first kappa shape index (κ1) is 17.9. The topological polar surface area (TPSA) is 63.2 Å². The molecule has 0 bridgehead atoms. The van der Waals surface area contributed by atoms with Gasteiger partial charge >= 0.3 is 6.09 Å². The molecule has 1 aliphatic rings. The van der Waals surface area contributed by atoms with Crippen LogP contribution in [0.5, 0.6) is 0 Å². The van der Waals surface area contributed by atoms with E-state index in [-0.39, 0.29) is 6.09 Å². The molecule has 1 aromatic rings. The number of hydrogen-bond acceptors (Lipinski definition) is 4. The Kier molecular flexibility index (Phi) is 6.10. The maximum atomic E-state index is 11.8. The first-order chi connectivity index (χ1) is 10.8. The van der Waals surface area contributed by atoms with E-state index in [4.69, 9.17) is 16.3 Å². The van der Waals surface area contributed by atoms with Gasteiger partial charge in [-0.3, -0.25) is 0 Å². The van der Waals surface area contributed by atoms with Crippen LogP contribution in [-0.2, 0) is 4.74 Å². The Morgan fingerprint density at radius 1 is 1.39 bits per heavy atom. The van der Waals surface area contributed by atoms with E-state index in [0.717, 1.165) is 18.5 Å². The molecular formula is C17H26ClN3O2. The average molecular weight is 340 g/mol. The minimum Gasteiger partial charge on any atom is -0.444 e. The standard InChI is InChI=1S/C17H26ClN3O2/c1-17(2,3)23-16(22)20-11-12-6-4-5-7-14(12)21-13-8-9-19-15(18)10-13/h8-10,12,14H,4-7,11H2,1-3H3,(H,19,21)(H,20,22). The number of alkyl carbamates (subject to hydrolysis) is 1. The Labute approximate surface area is 143 Å². The lowest BCUT2D eigenvalue weighted by atomic mass is 9.84. The first-order valence-corrected chi connectivity index (χ1v) is 8.56. The molecule has 128 valence electrons. The van der Waals surface area contributed by atoms with Crippen LogP contribution in [0.4, 0.5) is 10.5 Å². The summed E-state index contributed by atoms with van der Waals surface area (Å²) in [6, 6.07) is 4.06. The number of nitrogens with one attached hydrogen (secondary N) is 2. The fourth-order valence-corrected chi connectivity index (χ4v) is 3.05. The number of anilines is 1. The fraction of sp³-hybridized carbons (Fsp3) is 0.647. The van der Waals surface area contributed by atoms with Gasteiger partial charge in [-0.15, -0.1) is 0 Å². The molecule has 1 aliphatic carbocycles. The van der Waals surface area contributed by atoms with E-state index in [2.05, 4.69) is 15.6 Å². The van der Waals surface area contributed by atoms with Crippen molar-refractivity contribution in [2.45, 2.75) is 58.1 Å². The van der Waals surface area contributed by atoms with E-state index >= 15 is 0 Å². The fourth-order valence-electron chi connectivity index (χ4n) is 2.88. The third-order valence-corrected chi connectivity index (χ3v) is 4.10. The number of amides is 1. The zero-order valence-electron chi connectivity index (χ0n) is 14.1. The molecule has 1 saturated carbocycles. The van der Waals surface area contributed by atoms with Gasteiger partial charge in [0.05, 0.1) is 0 Å². The minimum atomic E-state index is -0.470. The second-order valence-corrected chi connectivity index (χ2v) is 7.43. The molecule has 0 aliphatic heterocycles. The van der Waals surface area contributed by atoms with Crippen LogP contribution in [0.25, 0.3) is 0 Å². The number of carbonyl (C=O) groups is 1. The monoisotopic (exact) mass is 339 g/mol. The summed E-state index contributed by atoms with van der Waals surface area (Å²) in [5.41, 5.74) is 0.501. The normalized spacial score (nSPS) is 21.6. The molecule has 23 heavy (non-hydrogen) atoms. The molecule has 2 rings (SSSR count). The number of pyridine rings is 1. The lowest BCUT2D eigenvalue weighted by Crippen LogP contribution is -2.42. The molecule has 0 aromatic carbocycles. The van der Waals surface area contributed by atoms with Gasteiger partial charge in [0.2, 0.25) is 0 Å². The number of aromatic nitrogens is 1. The molecule has 2 atom stereocenters. The summed E-state index contributed by atoms with van der Waals surface area (Å²) in [7, 11) is 0. The van der Waals surface area contributed by atoms with Crippen molar-refractivity contribution in [2.24, 2.45) is 5.92 Å². The second kappa shape index (κ2) is 7.86. The van der Waals surface area contributed by atoms with Crippen molar-refractivity contribution in [3.8, 4) is 0 Å². The van der Waals surface area contributed by atoms with Crippen LogP contribution >= 0.6 is 11.6 Å². The SMILES string of the molecule is CC(C)(C)OC(=O)NCC1CCCCC1Nc1ccnc(Cl)c1. The Morgan fingerprint density at radius 2 is 2.13 bits per heavy atom. The van der Waals surface area contributed by atoms with Crippen LogP contribution in [0.15, 0.2) is 18.3 Å². The molecule has 5 nitrogen and oxygen atoms in total. The number of ether oxygens (including phenoxy) is 1. The van der Waals surface area contributed by atoms with E-state index in [1.807, 2.05) is 32.9 Å². The highest BCUT2D eigenvalue weighted by Crippen LogP contribution is 2.27. The van der Waals surface area contributed by atoms with E-state index < -0.39 is 5.60 Å². The summed E-state index contributed by atoms with van der Waals surface area (Å²) in [6.07, 6.45) is 5.90. The summed E-state index contributed by atoms with van der Waals surface area (Å²) < 4.78 is 5.30. The Bertz CT molecular complexity index is 531. The molecule has 2 unspecified atom stereocenters. The maximum absolute atomic E-state index is 11.8. The first-order valence-electron chi connectivity index (χ1n) is 8.18. The van der Waals surface area contributed by atoms with Gasteiger partial charge in [0.1, 0.15) is 10.8 Å².